The predicted octanol–water partition coefficient (Wildman–Crippen LogP) is 1.26. The number of rotatable bonds is 4. The molecule has 2 heterocycles. The Morgan fingerprint density at radius 1 is 1.32 bits per heavy atom. The minimum Gasteiger partial charge on any atom is -0.349 e. The van der Waals surface area contributed by atoms with Crippen molar-refractivity contribution in [2.24, 2.45) is 0 Å². The molecule has 1 N–H and O–H groups in total. The Morgan fingerprint density at radius 3 is 2.58 bits per heavy atom. The number of aryl methyl sites for hydroxylation is 1. The number of amides is 1. The van der Waals surface area contributed by atoms with Gasteiger partial charge in [-0.1, -0.05) is 23.2 Å². The van der Waals surface area contributed by atoms with E-state index < -0.39 is 0 Å². The predicted molar refractivity (Wildman–Crippen MR) is 70.4 cm³/mol. The Hall–Kier alpha value is -1.43. The minimum atomic E-state index is -0.0849. The molecule has 1 aliphatic heterocycles. The molecule has 6 heteroatoms. The third-order valence-corrected chi connectivity index (χ3v) is 3.74. The van der Waals surface area contributed by atoms with Crippen molar-refractivity contribution < 1.29 is 9.42 Å². The molecule has 0 aromatic carbocycles. The van der Waals surface area contributed by atoms with E-state index in [-0.39, 0.29) is 11.9 Å². The van der Waals surface area contributed by atoms with Gasteiger partial charge in [0, 0.05) is 0 Å². The number of carbonyl (C=O) groups excluding carboxylic acids is 1. The summed E-state index contributed by atoms with van der Waals surface area (Å²) in [6.07, 6.45) is 4.91. The topological polar surface area (TPSA) is 71.3 Å². The molecule has 1 aromatic heterocycles. The molecule has 1 fully saturated rings. The van der Waals surface area contributed by atoms with Crippen molar-refractivity contribution in [2.45, 2.75) is 52.1 Å². The zero-order valence-corrected chi connectivity index (χ0v) is 11.7. The highest BCUT2D eigenvalue weighted by molar-refractivity contribution is 5.81. The largest absolute Gasteiger partial charge is 0.349 e. The summed E-state index contributed by atoms with van der Waals surface area (Å²) >= 11 is 0. The molecule has 6 nitrogen and oxygen atoms in total. The molecule has 1 aliphatic rings. The number of hydrogen-bond donors (Lipinski definition) is 1. The molecule has 106 valence electrons. The van der Waals surface area contributed by atoms with Gasteiger partial charge in [-0.3, -0.25) is 9.69 Å². The fraction of sp³-hybridized carbons (Fsp3) is 0.769. The lowest BCUT2D eigenvalue weighted by atomic mass is 10.2. The Bertz CT molecular complexity index is 411. The number of nitrogens with zero attached hydrogens (tertiary/aromatic N) is 3. The average molecular weight is 266 g/mol. The number of aromatic nitrogens is 2. The van der Waals surface area contributed by atoms with Crippen molar-refractivity contribution in [3.63, 3.8) is 0 Å². The maximum Gasteiger partial charge on any atom is 0.237 e. The van der Waals surface area contributed by atoms with E-state index in [2.05, 4.69) is 25.2 Å². The smallest absolute Gasteiger partial charge is 0.237 e. The molecule has 1 aromatic rings. The maximum atomic E-state index is 12.1. The first kappa shape index (κ1) is 14.0. The molecule has 2 rings (SSSR count). The van der Waals surface area contributed by atoms with Crippen LogP contribution in [0.1, 0.15) is 44.0 Å². The van der Waals surface area contributed by atoms with Gasteiger partial charge >= 0.3 is 0 Å². The van der Waals surface area contributed by atoms with E-state index in [4.69, 9.17) is 0 Å². The molecule has 0 saturated carbocycles. The Kier molecular flexibility index (Phi) is 4.90. The molecule has 1 unspecified atom stereocenters. The van der Waals surface area contributed by atoms with Gasteiger partial charge < -0.3 is 5.32 Å². The van der Waals surface area contributed by atoms with Crippen LogP contribution < -0.4 is 5.32 Å². The first-order chi connectivity index (χ1) is 9.18. The van der Waals surface area contributed by atoms with Crippen molar-refractivity contribution in [2.75, 3.05) is 13.1 Å². The van der Waals surface area contributed by atoms with Gasteiger partial charge in [0.25, 0.3) is 0 Å². The van der Waals surface area contributed by atoms with Gasteiger partial charge in [0.1, 0.15) is 11.4 Å². The Balaban J connectivity index is 1.83. The van der Waals surface area contributed by atoms with Crippen molar-refractivity contribution in [1.29, 1.82) is 0 Å². The summed E-state index contributed by atoms with van der Waals surface area (Å²) < 4.78 is 4.61. The molecule has 19 heavy (non-hydrogen) atoms. The maximum absolute atomic E-state index is 12.1. The van der Waals surface area contributed by atoms with Crippen LogP contribution in [0.15, 0.2) is 4.63 Å². The van der Waals surface area contributed by atoms with Crippen LogP contribution in [0.2, 0.25) is 0 Å². The summed E-state index contributed by atoms with van der Waals surface area (Å²) in [5, 5.41) is 10.4. The molecule has 0 spiro atoms. The van der Waals surface area contributed by atoms with Crippen LogP contribution >= 0.6 is 0 Å². The van der Waals surface area contributed by atoms with E-state index in [9.17, 15) is 4.79 Å². The lowest BCUT2D eigenvalue weighted by molar-refractivity contribution is -0.126. The lowest BCUT2D eigenvalue weighted by Crippen LogP contribution is -2.45. The van der Waals surface area contributed by atoms with Gasteiger partial charge in [0.15, 0.2) is 0 Å². The van der Waals surface area contributed by atoms with Gasteiger partial charge in [-0.25, -0.2) is 4.63 Å². The SMILES string of the molecule is Cc1nonc1CNC(=O)C(C)N1CCCCCC1. The third-order valence-electron chi connectivity index (χ3n) is 3.74. The summed E-state index contributed by atoms with van der Waals surface area (Å²) in [6, 6.07) is -0.0849. The van der Waals surface area contributed by atoms with Crippen molar-refractivity contribution in [3.8, 4) is 0 Å². The second kappa shape index (κ2) is 6.65. The molecule has 1 amide bonds. The van der Waals surface area contributed by atoms with E-state index in [0.717, 1.165) is 18.8 Å². The number of likely N-dealkylation sites (tertiary alicyclic amines) is 1. The summed E-state index contributed by atoms with van der Waals surface area (Å²) in [7, 11) is 0. The molecule has 0 radical (unpaired) electrons. The third kappa shape index (κ3) is 3.76. The minimum absolute atomic E-state index is 0.0456. The first-order valence-electron chi connectivity index (χ1n) is 6.98. The summed E-state index contributed by atoms with van der Waals surface area (Å²) in [5.74, 6) is 0.0456. The second-order valence-corrected chi connectivity index (χ2v) is 5.14. The van der Waals surface area contributed by atoms with Crippen molar-refractivity contribution in [1.82, 2.24) is 20.5 Å². The fourth-order valence-electron chi connectivity index (χ4n) is 2.38. The van der Waals surface area contributed by atoms with Crippen LogP contribution in [0.3, 0.4) is 0 Å². The highest BCUT2D eigenvalue weighted by atomic mass is 16.6. The lowest BCUT2D eigenvalue weighted by Gasteiger charge is -2.26. The van der Waals surface area contributed by atoms with Crippen LogP contribution in [-0.4, -0.2) is 40.3 Å². The van der Waals surface area contributed by atoms with Crippen molar-refractivity contribution >= 4 is 5.91 Å². The van der Waals surface area contributed by atoms with Crippen LogP contribution in [0.25, 0.3) is 0 Å². The molecule has 1 atom stereocenters. The number of carbonyl (C=O) groups is 1. The Morgan fingerprint density at radius 2 is 2.00 bits per heavy atom. The van der Waals surface area contributed by atoms with E-state index >= 15 is 0 Å². The van der Waals surface area contributed by atoms with Crippen LogP contribution in [0.4, 0.5) is 0 Å². The van der Waals surface area contributed by atoms with Gasteiger partial charge in [-0.15, -0.1) is 0 Å². The van der Waals surface area contributed by atoms with Gasteiger partial charge in [0.2, 0.25) is 5.91 Å². The highest BCUT2D eigenvalue weighted by Gasteiger charge is 2.22. The first-order valence-corrected chi connectivity index (χ1v) is 6.98. The van der Waals surface area contributed by atoms with E-state index in [1.54, 1.807) is 0 Å². The molecular weight excluding hydrogens is 244 g/mol. The summed E-state index contributed by atoms with van der Waals surface area (Å²) in [5.41, 5.74) is 1.42. The van der Waals surface area contributed by atoms with Crippen molar-refractivity contribution in [3.05, 3.63) is 11.4 Å². The summed E-state index contributed by atoms with van der Waals surface area (Å²) in [4.78, 5) is 14.4. The van der Waals surface area contributed by atoms with Crippen LogP contribution in [0, 0.1) is 6.92 Å². The van der Waals surface area contributed by atoms with Gasteiger partial charge in [0.05, 0.1) is 12.6 Å². The monoisotopic (exact) mass is 266 g/mol. The fourth-order valence-corrected chi connectivity index (χ4v) is 2.38. The average Bonchev–Trinajstić information content (AvgIpc) is 2.68. The zero-order chi connectivity index (χ0) is 13.7. The Labute approximate surface area is 113 Å². The van der Waals surface area contributed by atoms with E-state index in [0.29, 0.717) is 12.2 Å². The normalized spacial score (nSPS) is 18.8. The van der Waals surface area contributed by atoms with Crippen LogP contribution in [-0.2, 0) is 11.3 Å². The van der Waals surface area contributed by atoms with E-state index in [1.165, 1.54) is 25.7 Å². The molecule has 0 aliphatic carbocycles. The molecule has 0 bridgehead atoms. The number of hydrogen-bond acceptors (Lipinski definition) is 5. The second-order valence-electron chi connectivity index (χ2n) is 5.14. The number of nitrogens with one attached hydrogen (secondary N) is 1. The van der Waals surface area contributed by atoms with E-state index in [1.807, 2.05) is 13.8 Å². The molecular formula is C13H22N4O2. The van der Waals surface area contributed by atoms with Gasteiger partial charge in [-0.05, 0) is 39.8 Å². The standard InChI is InChI=1S/C13H22N4O2/c1-10-12(16-19-15-10)9-14-13(18)11(2)17-7-5-3-4-6-8-17/h11H,3-9H2,1-2H3,(H,14,18). The highest BCUT2D eigenvalue weighted by Crippen LogP contribution is 2.12. The van der Waals surface area contributed by atoms with Crippen LogP contribution in [0.5, 0.6) is 0 Å². The van der Waals surface area contributed by atoms with Gasteiger partial charge in [-0.2, -0.15) is 0 Å². The molecule has 1 saturated heterocycles. The summed E-state index contributed by atoms with van der Waals surface area (Å²) in [6.45, 7) is 6.19. The zero-order valence-electron chi connectivity index (χ0n) is 11.7. The quantitative estimate of drug-likeness (QED) is 0.888.